The Labute approximate surface area is 321 Å². The molecule has 2 aliphatic heterocycles. The number of phenols is 2. The molecule has 0 saturated carbocycles. The molecule has 6 aromatic rings. The number of alkyl halides is 3. The van der Waals surface area contributed by atoms with Crippen LogP contribution in [0.15, 0.2) is 91.3 Å². The zero-order valence-corrected chi connectivity index (χ0v) is 30.5. The summed E-state index contributed by atoms with van der Waals surface area (Å²) in [4.78, 5) is 36.5. The number of rotatable bonds is 8. The summed E-state index contributed by atoms with van der Waals surface area (Å²) >= 11 is 0. The lowest BCUT2D eigenvalue weighted by Gasteiger charge is -2.35. The van der Waals surface area contributed by atoms with Gasteiger partial charge in [0.25, 0.3) is 0 Å². The van der Waals surface area contributed by atoms with Gasteiger partial charge in [0.2, 0.25) is 11.9 Å². The van der Waals surface area contributed by atoms with Crippen LogP contribution in [0.5, 0.6) is 11.5 Å². The summed E-state index contributed by atoms with van der Waals surface area (Å²) in [5, 5.41) is 23.6. The van der Waals surface area contributed by atoms with Crippen molar-refractivity contribution in [3.05, 3.63) is 91.3 Å². The number of hydrogen-bond acceptors (Lipinski definition) is 10. The predicted molar refractivity (Wildman–Crippen MR) is 211 cm³/mol. The molecule has 0 bridgehead atoms. The van der Waals surface area contributed by atoms with Crippen molar-refractivity contribution >= 4 is 45.0 Å². The zero-order chi connectivity index (χ0) is 39.0. The van der Waals surface area contributed by atoms with Crippen molar-refractivity contribution in [2.24, 2.45) is 17.6 Å². The summed E-state index contributed by atoms with van der Waals surface area (Å²) in [5.41, 5.74) is 8.66. The molecule has 2 fully saturated rings. The molecular weight excluding hydrogens is 722 g/mol. The number of nitrogens with two attached hydrogens (primary N) is 1. The summed E-state index contributed by atoms with van der Waals surface area (Å²) in [6, 6.07) is 22.7. The van der Waals surface area contributed by atoms with E-state index in [9.17, 15) is 28.2 Å². The highest BCUT2D eigenvalue weighted by Gasteiger charge is 2.45. The van der Waals surface area contributed by atoms with E-state index in [1.165, 1.54) is 6.07 Å². The summed E-state index contributed by atoms with van der Waals surface area (Å²) < 4.78 is 42.7. The van der Waals surface area contributed by atoms with Gasteiger partial charge in [-0.3, -0.25) is 4.79 Å². The van der Waals surface area contributed by atoms with Crippen LogP contribution in [0.25, 0.3) is 44.1 Å². The van der Waals surface area contributed by atoms with Crippen molar-refractivity contribution in [3.8, 4) is 34.0 Å². The Kier molecular flexibility index (Phi) is 10.1. The highest BCUT2D eigenvalue weighted by atomic mass is 19.4. The van der Waals surface area contributed by atoms with E-state index in [4.69, 9.17) is 15.7 Å². The van der Waals surface area contributed by atoms with Gasteiger partial charge in [-0.25, -0.2) is 19.9 Å². The second-order valence-electron chi connectivity index (χ2n) is 14.6. The topological polar surface area (TPSA) is 145 Å². The highest BCUT2D eigenvalue weighted by molar-refractivity contribution is 6.08. The van der Waals surface area contributed by atoms with Gasteiger partial charge in [-0.05, 0) is 103 Å². The molecule has 288 valence electrons. The minimum atomic E-state index is -5.16. The largest absolute Gasteiger partial charge is 0.508 e. The van der Waals surface area contributed by atoms with Gasteiger partial charge in [0.15, 0.2) is 0 Å². The number of carbonyl (C=O) groups excluding carboxylic acids is 1. The van der Waals surface area contributed by atoms with Crippen LogP contribution < -0.4 is 20.4 Å². The third-order valence-electron chi connectivity index (χ3n) is 11.0. The van der Waals surface area contributed by atoms with Crippen LogP contribution in [0.1, 0.15) is 25.7 Å². The molecule has 2 aliphatic rings. The van der Waals surface area contributed by atoms with Crippen LogP contribution in [0.2, 0.25) is 0 Å². The summed E-state index contributed by atoms with van der Waals surface area (Å²) in [6.45, 7) is 2.96. The fraction of sp³-hybridized carbons (Fsp3) is 0.310. The van der Waals surface area contributed by atoms with Crippen LogP contribution in [0, 0.1) is 11.8 Å². The Bertz CT molecular complexity index is 2390. The Morgan fingerprint density at radius 2 is 1.25 bits per heavy atom. The smallest absolute Gasteiger partial charge is 0.471 e. The molecule has 4 N–H and O–H groups in total. The molecule has 0 aliphatic carbocycles. The van der Waals surface area contributed by atoms with Gasteiger partial charge < -0.3 is 30.6 Å². The molecule has 0 atom stereocenters. The Hall–Kier alpha value is -6.02. The predicted octanol–water partition coefficient (Wildman–Crippen LogP) is 7.31. The van der Waals surface area contributed by atoms with Crippen LogP contribution in [-0.2, 0) is 4.79 Å². The minimum absolute atomic E-state index is 0.174. The average Bonchev–Trinajstić information content (AvgIpc) is 3.22. The maximum atomic E-state index is 14.2. The SMILES string of the molecule is NCC1CCN(c2nccc(-c3ccc4c(N(CC5CCN(c6nccc(-c7ccc8cc(O)ccc8c7)n6)CC5)C(=O)C(F)(F)F)c(O)ccc4c3)n2)CC1. The van der Waals surface area contributed by atoms with Gasteiger partial charge in [0.05, 0.1) is 17.1 Å². The van der Waals surface area contributed by atoms with Crippen LogP contribution in [0.3, 0.4) is 0 Å². The molecule has 56 heavy (non-hydrogen) atoms. The fourth-order valence-electron chi connectivity index (χ4n) is 7.83. The summed E-state index contributed by atoms with van der Waals surface area (Å²) in [7, 11) is 0. The molecule has 4 aromatic carbocycles. The maximum absolute atomic E-state index is 14.2. The minimum Gasteiger partial charge on any atom is -0.508 e. The normalized spacial score (nSPS) is 15.8. The van der Waals surface area contributed by atoms with Crippen LogP contribution in [0.4, 0.5) is 30.8 Å². The van der Waals surface area contributed by atoms with Gasteiger partial charge in [-0.1, -0.05) is 36.4 Å². The molecular formula is C42H41F3N8O3. The second kappa shape index (κ2) is 15.3. The Morgan fingerprint density at radius 1 is 0.714 bits per heavy atom. The van der Waals surface area contributed by atoms with Crippen LogP contribution >= 0.6 is 0 Å². The van der Waals surface area contributed by atoms with Crippen LogP contribution in [-0.4, -0.2) is 81.5 Å². The van der Waals surface area contributed by atoms with E-state index in [-0.39, 0.29) is 23.9 Å². The number of benzene rings is 4. The first kappa shape index (κ1) is 36.9. The number of hydrogen-bond donors (Lipinski definition) is 3. The molecule has 1 amide bonds. The first-order valence-corrected chi connectivity index (χ1v) is 18.8. The van der Waals surface area contributed by atoms with E-state index >= 15 is 0 Å². The van der Waals surface area contributed by atoms with Gasteiger partial charge >= 0.3 is 12.1 Å². The number of fused-ring (bicyclic) bond motifs is 2. The molecule has 0 spiro atoms. The van der Waals surface area contributed by atoms with Crippen molar-refractivity contribution in [3.63, 3.8) is 0 Å². The molecule has 2 aromatic heterocycles. The Morgan fingerprint density at radius 3 is 1.86 bits per heavy atom. The lowest BCUT2D eigenvalue weighted by atomic mass is 9.95. The number of phenolic OH excluding ortho intramolecular Hbond substituents is 2. The number of carbonyl (C=O) groups is 1. The number of anilines is 3. The molecule has 8 rings (SSSR count). The van der Waals surface area contributed by atoms with E-state index in [2.05, 4.69) is 14.9 Å². The summed E-state index contributed by atoms with van der Waals surface area (Å²) in [5.74, 6) is -0.964. The maximum Gasteiger partial charge on any atom is 0.471 e. The number of nitrogens with zero attached hydrogens (tertiary/aromatic N) is 7. The molecule has 0 radical (unpaired) electrons. The molecule has 2 saturated heterocycles. The fourth-order valence-corrected chi connectivity index (χ4v) is 7.83. The second-order valence-corrected chi connectivity index (χ2v) is 14.6. The zero-order valence-electron chi connectivity index (χ0n) is 30.5. The van der Waals surface area contributed by atoms with Gasteiger partial charge in [0.1, 0.15) is 11.5 Å². The van der Waals surface area contributed by atoms with Gasteiger partial charge in [-0.2, -0.15) is 13.2 Å². The number of aromatic hydroxyl groups is 2. The molecule has 11 nitrogen and oxygen atoms in total. The monoisotopic (exact) mass is 762 g/mol. The quantitative estimate of drug-likeness (QED) is 0.144. The number of piperidine rings is 2. The third-order valence-corrected chi connectivity index (χ3v) is 11.0. The highest BCUT2D eigenvalue weighted by Crippen LogP contribution is 2.40. The van der Waals surface area contributed by atoms with Crippen molar-refractivity contribution in [2.45, 2.75) is 31.9 Å². The van der Waals surface area contributed by atoms with Crippen molar-refractivity contribution in [2.75, 3.05) is 54.0 Å². The lowest BCUT2D eigenvalue weighted by Crippen LogP contribution is -2.46. The van der Waals surface area contributed by atoms with E-state index in [1.807, 2.05) is 35.2 Å². The van der Waals surface area contributed by atoms with Gasteiger partial charge in [0, 0.05) is 61.6 Å². The lowest BCUT2D eigenvalue weighted by molar-refractivity contribution is -0.170. The summed E-state index contributed by atoms with van der Waals surface area (Å²) in [6.07, 6.45) is 1.08. The number of halogens is 3. The number of aromatic nitrogens is 4. The first-order valence-electron chi connectivity index (χ1n) is 18.8. The third kappa shape index (κ3) is 7.61. The van der Waals surface area contributed by atoms with E-state index in [0.717, 1.165) is 47.8 Å². The van der Waals surface area contributed by atoms with Crippen molar-refractivity contribution in [1.29, 1.82) is 0 Å². The molecule has 0 unspecified atom stereocenters. The number of amides is 1. The van der Waals surface area contributed by atoms with Gasteiger partial charge in [-0.15, -0.1) is 0 Å². The molecule has 14 heteroatoms. The molecule has 4 heterocycles. The van der Waals surface area contributed by atoms with E-state index in [1.54, 1.807) is 54.9 Å². The van der Waals surface area contributed by atoms with Crippen molar-refractivity contribution in [1.82, 2.24) is 19.9 Å². The standard InChI is InChI=1S/C42H41F3N8O3/c43-42(44,45)39(56)53(25-27-13-19-52(20-14-27)41-48-15-9-35(49-41)31-2-1-29-23-33(54)6-3-28(29)21-31)38-34-7-4-32(22-30(34)5-8-37(38)55)36-10-16-47-40(50-36)51-17-11-26(24-46)12-18-51/h1-10,15-16,21-23,26-27,54-55H,11-14,17-20,24-25,46H2. The van der Waals surface area contributed by atoms with E-state index in [0.29, 0.717) is 77.4 Å². The average molecular weight is 763 g/mol. The first-order chi connectivity index (χ1) is 27.0. The van der Waals surface area contributed by atoms with Crippen molar-refractivity contribution < 1.29 is 28.2 Å². The Balaban J connectivity index is 1.01. The van der Waals surface area contributed by atoms with E-state index < -0.39 is 17.8 Å².